The number of nitrogens with two attached hydrogens (primary N) is 1. The SMILES string of the molecule is Cc1c(Cc2c(COC(=O)CN3CCN(C)CC3)nc3c(N)cc(N4CCOCC4)cn23)cccc1C(F)(F)F. The molecule has 0 radical (unpaired) electrons. The fraction of sp³-hybridized carbons (Fsp3) is 0.500. The number of anilines is 2. The van der Waals surface area contributed by atoms with Crippen LogP contribution in [0.5, 0.6) is 0 Å². The first-order valence-corrected chi connectivity index (χ1v) is 13.4. The molecule has 9 nitrogen and oxygen atoms in total. The van der Waals surface area contributed by atoms with E-state index in [0.29, 0.717) is 54.6 Å². The number of likely N-dealkylation sites (N-methyl/N-ethyl adjacent to an activating group) is 1. The second-order valence-electron chi connectivity index (χ2n) is 10.5. The van der Waals surface area contributed by atoms with E-state index >= 15 is 0 Å². The number of nitrogens with zero attached hydrogens (tertiary/aromatic N) is 5. The van der Waals surface area contributed by atoms with Gasteiger partial charge in [-0.05, 0) is 37.2 Å². The number of carbonyl (C=O) groups excluding carboxylic acids is 1. The van der Waals surface area contributed by atoms with Gasteiger partial charge in [0, 0.05) is 51.9 Å². The zero-order chi connectivity index (χ0) is 28.4. The van der Waals surface area contributed by atoms with Crippen molar-refractivity contribution in [3.05, 3.63) is 58.5 Å². The normalized spacial score (nSPS) is 17.5. The van der Waals surface area contributed by atoms with Gasteiger partial charge in [-0.3, -0.25) is 14.1 Å². The number of aromatic nitrogens is 2. The smallest absolute Gasteiger partial charge is 0.416 e. The Labute approximate surface area is 231 Å². The molecule has 2 aromatic heterocycles. The third-order valence-electron chi connectivity index (χ3n) is 7.72. The first-order valence-electron chi connectivity index (χ1n) is 13.4. The molecule has 3 aromatic rings. The third kappa shape index (κ3) is 6.18. The van der Waals surface area contributed by atoms with Crippen molar-refractivity contribution in [1.29, 1.82) is 0 Å². The lowest BCUT2D eigenvalue weighted by Crippen LogP contribution is -2.46. The predicted molar refractivity (Wildman–Crippen MR) is 145 cm³/mol. The molecule has 0 saturated carbocycles. The van der Waals surface area contributed by atoms with Crippen molar-refractivity contribution in [2.75, 3.05) is 76.7 Å². The number of alkyl halides is 3. The molecular weight excluding hydrogens is 525 g/mol. The van der Waals surface area contributed by atoms with Crippen LogP contribution in [0.1, 0.15) is 28.1 Å². The lowest BCUT2D eigenvalue weighted by Gasteiger charge is -2.31. The molecule has 40 heavy (non-hydrogen) atoms. The highest BCUT2D eigenvalue weighted by atomic mass is 19.4. The highest BCUT2D eigenvalue weighted by Crippen LogP contribution is 2.34. The summed E-state index contributed by atoms with van der Waals surface area (Å²) in [5.74, 6) is -0.371. The number of ether oxygens (including phenoxy) is 2. The number of imidazole rings is 1. The molecule has 0 unspecified atom stereocenters. The second kappa shape index (κ2) is 11.6. The monoisotopic (exact) mass is 560 g/mol. The standard InChI is InChI=1S/C28H35F3N6O3/c1-19-20(4-3-5-22(19)28(29,30)31)14-25-24(18-40-26(38)17-35-8-6-34(2)7-9-35)33-27-23(32)15-21(16-37(25)27)36-10-12-39-13-11-36/h3-5,15-16H,6-14,17-18,32H2,1-2H3. The molecule has 2 N–H and O–H groups in total. The molecule has 5 rings (SSSR count). The molecule has 216 valence electrons. The number of morpholine rings is 1. The first kappa shape index (κ1) is 28.2. The number of rotatable bonds is 7. The zero-order valence-electron chi connectivity index (χ0n) is 22.8. The summed E-state index contributed by atoms with van der Waals surface area (Å²) in [6, 6.07) is 6.03. The molecule has 2 aliphatic rings. The Morgan fingerprint density at radius 3 is 2.55 bits per heavy atom. The van der Waals surface area contributed by atoms with Crippen LogP contribution >= 0.6 is 0 Å². The molecule has 0 aliphatic carbocycles. The maximum atomic E-state index is 13.7. The number of fused-ring (bicyclic) bond motifs is 1. The molecule has 0 amide bonds. The van der Waals surface area contributed by atoms with Crippen molar-refractivity contribution in [2.45, 2.75) is 26.1 Å². The van der Waals surface area contributed by atoms with Crippen molar-refractivity contribution < 1.29 is 27.4 Å². The van der Waals surface area contributed by atoms with Crippen LogP contribution in [0, 0.1) is 6.92 Å². The highest BCUT2D eigenvalue weighted by Gasteiger charge is 2.33. The third-order valence-corrected chi connectivity index (χ3v) is 7.72. The molecule has 0 bridgehead atoms. The molecule has 2 fully saturated rings. The summed E-state index contributed by atoms with van der Waals surface area (Å²) in [6.07, 6.45) is -2.40. The van der Waals surface area contributed by atoms with Crippen LogP contribution in [0.2, 0.25) is 0 Å². The summed E-state index contributed by atoms with van der Waals surface area (Å²) >= 11 is 0. The molecular formula is C28H35F3N6O3. The van der Waals surface area contributed by atoms with Crippen LogP contribution < -0.4 is 10.6 Å². The lowest BCUT2D eigenvalue weighted by atomic mass is 9.98. The van der Waals surface area contributed by atoms with Crippen LogP contribution in [0.4, 0.5) is 24.5 Å². The van der Waals surface area contributed by atoms with Crippen LogP contribution in [0.15, 0.2) is 30.5 Å². The van der Waals surface area contributed by atoms with Crippen molar-refractivity contribution >= 4 is 23.0 Å². The minimum absolute atomic E-state index is 0.103. The van der Waals surface area contributed by atoms with E-state index in [1.807, 2.05) is 28.6 Å². The molecule has 12 heteroatoms. The summed E-state index contributed by atoms with van der Waals surface area (Å²) in [4.78, 5) is 23.8. The van der Waals surface area contributed by atoms with Gasteiger partial charge in [-0.2, -0.15) is 13.2 Å². The van der Waals surface area contributed by atoms with E-state index in [4.69, 9.17) is 20.2 Å². The zero-order valence-corrected chi connectivity index (χ0v) is 22.8. The number of piperazine rings is 1. The molecule has 0 spiro atoms. The largest absolute Gasteiger partial charge is 0.458 e. The number of hydrogen-bond donors (Lipinski definition) is 1. The number of esters is 1. The van der Waals surface area contributed by atoms with E-state index in [-0.39, 0.29) is 31.1 Å². The molecule has 1 aromatic carbocycles. The van der Waals surface area contributed by atoms with Gasteiger partial charge in [0.25, 0.3) is 0 Å². The Morgan fingerprint density at radius 2 is 1.85 bits per heavy atom. The van der Waals surface area contributed by atoms with Crippen molar-refractivity contribution in [3.8, 4) is 0 Å². The van der Waals surface area contributed by atoms with Crippen molar-refractivity contribution in [3.63, 3.8) is 0 Å². The molecule has 0 atom stereocenters. The fourth-order valence-corrected chi connectivity index (χ4v) is 5.29. The first-order chi connectivity index (χ1) is 19.1. The number of carbonyl (C=O) groups is 1. The number of hydrogen-bond acceptors (Lipinski definition) is 8. The quantitative estimate of drug-likeness (QED) is 0.442. The molecule has 2 saturated heterocycles. The van der Waals surface area contributed by atoms with E-state index < -0.39 is 11.7 Å². The van der Waals surface area contributed by atoms with Gasteiger partial charge in [-0.25, -0.2) is 4.98 Å². The number of halogens is 3. The van der Waals surface area contributed by atoms with E-state index in [2.05, 4.69) is 9.80 Å². The van der Waals surface area contributed by atoms with Gasteiger partial charge in [-0.15, -0.1) is 0 Å². The van der Waals surface area contributed by atoms with E-state index in [1.165, 1.54) is 13.0 Å². The van der Waals surface area contributed by atoms with Gasteiger partial charge in [0.05, 0.1) is 42.4 Å². The summed E-state index contributed by atoms with van der Waals surface area (Å²) in [6.45, 7) is 7.43. The summed E-state index contributed by atoms with van der Waals surface area (Å²) in [5.41, 5.74) is 9.29. The van der Waals surface area contributed by atoms with Gasteiger partial charge in [0.1, 0.15) is 12.3 Å². The van der Waals surface area contributed by atoms with E-state index in [0.717, 1.165) is 37.9 Å². The summed E-state index contributed by atoms with van der Waals surface area (Å²) in [7, 11) is 2.04. The minimum Gasteiger partial charge on any atom is -0.458 e. The van der Waals surface area contributed by atoms with Crippen LogP contribution in [0.3, 0.4) is 0 Å². The number of nitrogen functional groups attached to an aromatic ring is 1. The van der Waals surface area contributed by atoms with E-state index in [1.54, 1.807) is 6.07 Å². The lowest BCUT2D eigenvalue weighted by molar-refractivity contribution is -0.146. The number of pyridine rings is 1. The van der Waals surface area contributed by atoms with Crippen LogP contribution in [0.25, 0.3) is 5.65 Å². The number of benzene rings is 1. The van der Waals surface area contributed by atoms with Gasteiger partial charge >= 0.3 is 12.1 Å². The average Bonchev–Trinajstić information content (AvgIpc) is 3.27. The second-order valence-corrected chi connectivity index (χ2v) is 10.5. The summed E-state index contributed by atoms with van der Waals surface area (Å²) < 4.78 is 53.9. The highest BCUT2D eigenvalue weighted by molar-refractivity contribution is 5.73. The van der Waals surface area contributed by atoms with E-state index in [9.17, 15) is 18.0 Å². The van der Waals surface area contributed by atoms with Gasteiger partial charge in [0.15, 0.2) is 5.65 Å². The Hall–Kier alpha value is -3.35. The Morgan fingerprint density at radius 1 is 1.12 bits per heavy atom. The Kier molecular flexibility index (Phi) is 8.20. The van der Waals surface area contributed by atoms with Crippen LogP contribution in [-0.2, 0) is 33.5 Å². The molecule has 2 aliphatic heterocycles. The summed E-state index contributed by atoms with van der Waals surface area (Å²) in [5, 5.41) is 0. The molecule has 4 heterocycles. The van der Waals surface area contributed by atoms with Gasteiger partial charge < -0.3 is 25.0 Å². The Balaban J connectivity index is 1.47. The van der Waals surface area contributed by atoms with Crippen molar-refractivity contribution in [2.24, 2.45) is 0 Å². The maximum absolute atomic E-state index is 13.7. The van der Waals surface area contributed by atoms with Gasteiger partial charge in [-0.1, -0.05) is 12.1 Å². The van der Waals surface area contributed by atoms with Crippen LogP contribution in [-0.4, -0.2) is 91.2 Å². The minimum atomic E-state index is -4.46. The van der Waals surface area contributed by atoms with Gasteiger partial charge in [0.2, 0.25) is 0 Å². The maximum Gasteiger partial charge on any atom is 0.416 e. The average molecular weight is 561 g/mol. The fourth-order valence-electron chi connectivity index (χ4n) is 5.29. The Bertz CT molecular complexity index is 1360. The topological polar surface area (TPSA) is 88.6 Å². The van der Waals surface area contributed by atoms with Crippen molar-refractivity contribution in [1.82, 2.24) is 19.2 Å². The predicted octanol–water partition coefficient (Wildman–Crippen LogP) is 2.96.